The molecule has 9 aromatic carbocycles. The minimum Gasteiger partial charge on any atom is -0.456 e. The molecular formula is C78H78BN3O. The third kappa shape index (κ3) is 7.64. The summed E-state index contributed by atoms with van der Waals surface area (Å²) in [6.45, 7) is 29.0. The zero-order valence-electron chi connectivity index (χ0n) is 50.9. The predicted molar refractivity (Wildman–Crippen MR) is 354 cm³/mol. The van der Waals surface area contributed by atoms with E-state index in [1.165, 1.54) is 114 Å². The van der Waals surface area contributed by atoms with Crippen LogP contribution in [0.2, 0.25) is 0 Å². The van der Waals surface area contributed by atoms with Gasteiger partial charge in [-0.1, -0.05) is 198 Å². The fourth-order valence-corrected chi connectivity index (χ4v) is 16.1. The summed E-state index contributed by atoms with van der Waals surface area (Å²) in [5, 5.41) is 2.31. The first-order chi connectivity index (χ1) is 39.6. The molecule has 1 aromatic heterocycles. The number of furan rings is 1. The average Bonchev–Trinajstić information content (AvgIpc) is 1.67. The Kier molecular flexibility index (Phi) is 11.2. The first kappa shape index (κ1) is 52.1. The molecular weight excluding hydrogens is 1010 g/mol. The van der Waals surface area contributed by atoms with Gasteiger partial charge in [-0.25, -0.2) is 0 Å². The Morgan fingerprint density at radius 1 is 0.458 bits per heavy atom. The SMILES string of the molecule is CC(C)(C)c1ccc(N(c2ccc(C(C)(C)C)cc2)c2ccc3c(c2)N(c2cc4c(cc2-c2ccccc2)C(C)(C)CCC4(C)C)c2cc(-c4cccc5oc6ccccc6c45)cc4c2B3c2cccc3c2N4C2(C)CCCCC32C)cc1. The molecule has 4 heterocycles. The lowest BCUT2D eigenvalue weighted by molar-refractivity contribution is 0.195. The summed E-state index contributed by atoms with van der Waals surface area (Å²) in [5.41, 5.74) is 27.5. The fraction of sp³-hybridized carbons (Fsp3) is 0.308. The van der Waals surface area contributed by atoms with E-state index in [9.17, 15) is 0 Å². The molecule has 0 N–H and O–H groups in total. The number of fused-ring (bicyclic) bond motifs is 11. The third-order valence-electron chi connectivity index (χ3n) is 21.2. The molecule has 0 spiro atoms. The summed E-state index contributed by atoms with van der Waals surface area (Å²) < 4.78 is 6.73. The lowest BCUT2D eigenvalue weighted by atomic mass is 9.33. The zero-order chi connectivity index (χ0) is 57.3. The molecule has 0 saturated heterocycles. The minimum atomic E-state index is -0.146. The maximum absolute atomic E-state index is 6.73. The third-order valence-corrected chi connectivity index (χ3v) is 21.2. The minimum absolute atomic E-state index is 0.000948. The number of hydrogen-bond acceptors (Lipinski definition) is 4. The molecule has 2 unspecified atom stereocenters. The smallest absolute Gasteiger partial charge is 0.252 e. The van der Waals surface area contributed by atoms with Gasteiger partial charge in [0.15, 0.2) is 0 Å². The highest BCUT2D eigenvalue weighted by Gasteiger charge is 2.61. The molecule has 5 aliphatic rings. The van der Waals surface area contributed by atoms with E-state index in [4.69, 9.17) is 4.42 Å². The van der Waals surface area contributed by atoms with Gasteiger partial charge in [0.05, 0.1) is 11.2 Å². The van der Waals surface area contributed by atoms with Crippen molar-refractivity contribution < 1.29 is 4.42 Å². The van der Waals surface area contributed by atoms with Crippen molar-refractivity contribution >= 4 is 90.5 Å². The van der Waals surface area contributed by atoms with Gasteiger partial charge in [-0.15, -0.1) is 0 Å². The zero-order valence-corrected chi connectivity index (χ0v) is 50.9. The monoisotopic (exact) mass is 1080 g/mol. The van der Waals surface area contributed by atoms with Crippen LogP contribution in [-0.2, 0) is 27.1 Å². The van der Waals surface area contributed by atoms with Crippen LogP contribution < -0.4 is 31.1 Å². The van der Waals surface area contributed by atoms with Gasteiger partial charge in [-0.2, -0.15) is 0 Å². The Balaban J connectivity index is 1.09. The maximum atomic E-state index is 6.73. The van der Waals surface area contributed by atoms with Gasteiger partial charge >= 0.3 is 0 Å². The van der Waals surface area contributed by atoms with Gasteiger partial charge in [0, 0.05) is 61.6 Å². The molecule has 10 aromatic rings. The highest BCUT2D eigenvalue weighted by atomic mass is 16.3. The highest BCUT2D eigenvalue weighted by Crippen LogP contribution is 2.63. The van der Waals surface area contributed by atoms with Crippen LogP contribution in [0.1, 0.15) is 149 Å². The predicted octanol–water partition coefficient (Wildman–Crippen LogP) is 19.7. The van der Waals surface area contributed by atoms with Gasteiger partial charge in [0.2, 0.25) is 0 Å². The van der Waals surface area contributed by atoms with E-state index in [2.05, 4.69) is 280 Å². The summed E-state index contributed by atoms with van der Waals surface area (Å²) >= 11 is 0. The number of nitrogens with zero attached hydrogens (tertiary/aromatic N) is 3. The van der Waals surface area contributed by atoms with Crippen LogP contribution >= 0.6 is 0 Å². The van der Waals surface area contributed by atoms with Crippen molar-refractivity contribution in [3.63, 3.8) is 0 Å². The second-order valence-electron chi connectivity index (χ2n) is 29.1. The van der Waals surface area contributed by atoms with Crippen LogP contribution in [0.3, 0.4) is 0 Å². The topological polar surface area (TPSA) is 22.9 Å². The van der Waals surface area contributed by atoms with E-state index in [1.54, 1.807) is 0 Å². The van der Waals surface area contributed by atoms with E-state index < -0.39 is 0 Å². The summed E-state index contributed by atoms with van der Waals surface area (Å²) in [4.78, 5) is 8.15. The van der Waals surface area contributed by atoms with Crippen LogP contribution in [0.25, 0.3) is 44.2 Å². The van der Waals surface area contributed by atoms with Crippen LogP contribution in [-0.4, -0.2) is 12.3 Å². The lowest BCUT2D eigenvalue weighted by Gasteiger charge is -2.53. The molecule has 0 bridgehead atoms. The summed E-state index contributed by atoms with van der Waals surface area (Å²) in [6, 6.07) is 70.7. The summed E-state index contributed by atoms with van der Waals surface area (Å²) in [5.74, 6) is 0. The Bertz CT molecular complexity index is 4230. The first-order valence-corrected chi connectivity index (χ1v) is 30.9. The normalized spacial score (nSPS) is 20.0. The second kappa shape index (κ2) is 17.9. The maximum Gasteiger partial charge on any atom is 0.252 e. The molecule has 3 aliphatic heterocycles. The quantitative estimate of drug-likeness (QED) is 0.155. The van der Waals surface area contributed by atoms with E-state index >= 15 is 0 Å². The number of para-hydroxylation sites is 2. The number of benzene rings is 9. The van der Waals surface area contributed by atoms with Crippen molar-refractivity contribution in [1.29, 1.82) is 0 Å². The molecule has 2 atom stereocenters. The summed E-state index contributed by atoms with van der Waals surface area (Å²) in [7, 11) is 0. The van der Waals surface area contributed by atoms with Crippen molar-refractivity contribution in [3.8, 4) is 22.3 Å². The molecule has 5 heteroatoms. The average molecular weight is 1080 g/mol. The molecule has 1 saturated carbocycles. The second-order valence-corrected chi connectivity index (χ2v) is 29.1. The molecule has 1 fully saturated rings. The van der Waals surface area contributed by atoms with Crippen LogP contribution in [0.5, 0.6) is 0 Å². The van der Waals surface area contributed by atoms with E-state index in [0.717, 1.165) is 58.3 Å². The standard InChI is InChI=1S/C78H78BN3O/c1-73(2,3)51-30-34-53(35-31-51)80(54-36-32-52(33-37-54)74(4,5)6)55-38-39-62-65(46-55)81(64-48-61-60(75(7,8)42-43-76(61,9)10)47-58(64)49-22-14-13-15-23-49)66-44-50(56-25-20-29-69-70(56)57-24-16-17-28-68(57)83-69)45-67-71(66)79(62)63-27-21-26-59-72(63)82(67)78(12)41-19-18-40-77(59,78)11/h13-17,20-39,44-48H,18-19,40-43H2,1-12H3. The van der Waals surface area contributed by atoms with E-state index in [1.807, 2.05) is 0 Å². The molecule has 15 rings (SSSR count). The van der Waals surface area contributed by atoms with E-state index in [0.29, 0.717) is 0 Å². The van der Waals surface area contributed by atoms with Crippen molar-refractivity contribution in [1.82, 2.24) is 0 Å². The largest absolute Gasteiger partial charge is 0.456 e. The van der Waals surface area contributed by atoms with Gasteiger partial charge < -0.3 is 19.1 Å². The van der Waals surface area contributed by atoms with Crippen LogP contribution in [0.15, 0.2) is 186 Å². The molecule has 4 nitrogen and oxygen atoms in total. The van der Waals surface area contributed by atoms with E-state index in [-0.39, 0.29) is 39.3 Å². The number of anilines is 8. The highest BCUT2D eigenvalue weighted by molar-refractivity contribution is 7.00. The van der Waals surface area contributed by atoms with Gasteiger partial charge in [0.1, 0.15) is 11.2 Å². The number of hydrogen-bond donors (Lipinski definition) is 0. The van der Waals surface area contributed by atoms with Crippen molar-refractivity contribution in [2.75, 3.05) is 14.7 Å². The lowest BCUT2D eigenvalue weighted by Crippen LogP contribution is -2.64. The molecule has 83 heavy (non-hydrogen) atoms. The van der Waals surface area contributed by atoms with Crippen LogP contribution in [0.4, 0.5) is 45.5 Å². The van der Waals surface area contributed by atoms with Crippen LogP contribution in [0, 0.1) is 0 Å². The molecule has 414 valence electrons. The Labute approximate surface area is 493 Å². The Morgan fingerprint density at radius 2 is 1.06 bits per heavy atom. The van der Waals surface area contributed by atoms with Crippen molar-refractivity contribution in [3.05, 3.63) is 210 Å². The molecule has 2 aliphatic carbocycles. The Hall–Kier alpha value is -7.76. The Morgan fingerprint density at radius 3 is 1.75 bits per heavy atom. The molecule has 0 radical (unpaired) electrons. The van der Waals surface area contributed by atoms with Crippen molar-refractivity contribution in [2.24, 2.45) is 0 Å². The van der Waals surface area contributed by atoms with Gasteiger partial charge in [0.25, 0.3) is 6.71 Å². The van der Waals surface area contributed by atoms with Gasteiger partial charge in [-0.05, 0) is 188 Å². The number of rotatable bonds is 6. The molecule has 0 amide bonds. The fourth-order valence-electron chi connectivity index (χ4n) is 16.1. The van der Waals surface area contributed by atoms with Crippen molar-refractivity contribution in [2.45, 2.75) is 154 Å². The summed E-state index contributed by atoms with van der Waals surface area (Å²) in [6.07, 6.45) is 7.01. The van der Waals surface area contributed by atoms with Gasteiger partial charge in [-0.3, -0.25) is 0 Å². The first-order valence-electron chi connectivity index (χ1n) is 30.9.